The summed E-state index contributed by atoms with van der Waals surface area (Å²) in [6.07, 6.45) is 2.42. The van der Waals surface area contributed by atoms with Gasteiger partial charge in [-0.05, 0) is 19.9 Å². The van der Waals surface area contributed by atoms with Crippen LogP contribution in [0.3, 0.4) is 0 Å². The molecule has 1 fully saturated rings. The quantitative estimate of drug-likeness (QED) is 0.844. The Morgan fingerprint density at radius 3 is 2.71 bits per heavy atom. The van der Waals surface area contributed by atoms with Crippen LogP contribution < -0.4 is 0 Å². The molecule has 2 aliphatic rings. The number of fused-ring (bicyclic) bond motifs is 1. The lowest BCUT2D eigenvalue weighted by Gasteiger charge is -2.32. The van der Waals surface area contributed by atoms with Gasteiger partial charge < -0.3 is 19.5 Å². The Hall–Kier alpha value is -1.47. The topological polar surface area (TPSA) is 74.5 Å². The molecule has 1 aromatic rings. The molecule has 2 aliphatic heterocycles. The summed E-state index contributed by atoms with van der Waals surface area (Å²) in [6, 6.07) is 0. The second kappa shape index (κ2) is 6.11. The number of hydrogen-bond acceptors (Lipinski definition) is 5. The molecule has 0 amide bonds. The molecule has 3 rings (SSSR count). The van der Waals surface area contributed by atoms with Gasteiger partial charge in [-0.3, -0.25) is 4.79 Å². The Bertz CT molecular complexity index is 507. The number of piperazine rings is 1. The van der Waals surface area contributed by atoms with E-state index < -0.39 is 11.9 Å². The number of likely N-dealkylation sites (N-methyl/N-ethyl adjacent to an activating group) is 1. The first-order valence-corrected chi connectivity index (χ1v) is 7.71. The molecule has 1 atom stereocenters. The maximum Gasteiger partial charge on any atom is 0.314 e. The van der Waals surface area contributed by atoms with Gasteiger partial charge in [0.25, 0.3) is 0 Å². The van der Waals surface area contributed by atoms with Gasteiger partial charge in [-0.15, -0.1) is 10.2 Å². The van der Waals surface area contributed by atoms with Crippen molar-refractivity contribution in [2.45, 2.75) is 31.7 Å². The average Bonchev–Trinajstić information content (AvgIpc) is 2.89. The van der Waals surface area contributed by atoms with Crippen LogP contribution in [-0.4, -0.2) is 75.4 Å². The molecule has 0 spiro atoms. The molecule has 7 heteroatoms. The van der Waals surface area contributed by atoms with Gasteiger partial charge in [0.05, 0.1) is 0 Å². The third kappa shape index (κ3) is 3.08. The Kier molecular flexibility index (Phi) is 4.21. The van der Waals surface area contributed by atoms with Gasteiger partial charge in [-0.1, -0.05) is 0 Å². The van der Waals surface area contributed by atoms with Crippen molar-refractivity contribution in [3.63, 3.8) is 0 Å². The number of carboxylic acid groups (broad SMARTS) is 1. The van der Waals surface area contributed by atoms with Gasteiger partial charge in [0.2, 0.25) is 0 Å². The first-order valence-electron chi connectivity index (χ1n) is 7.71. The molecule has 1 N–H and O–H groups in total. The van der Waals surface area contributed by atoms with Crippen LogP contribution in [0.1, 0.15) is 30.4 Å². The highest BCUT2D eigenvalue weighted by atomic mass is 16.4. The SMILES string of the molecule is CN1CCN(CCc2nnc3n2CCCC3C(=O)O)CC1. The molecule has 7 nitrogen and oxygen atoms in total. The van der Waals surface area contributed by atoms with E-state index in [1.165, 1.54) is 0 Å². The third-order valence-corrected chi connectivity index (χ3v) is 4.59. The lowest BCUT2D eigenvalue weighted by Crippen LogP contribution is -2.45. The summed E-state index contributed by atoms with van der Waals surface area (Å²) in [5, 5.41) is 17.6. The van der Waals surface area contributed by atoms with Crippen LogP contribution in [0.5, 0.6) is 0 Å². The fourth-order valence-electron chi connectivity index (χ4n) is 3.18. The highest BCUT2D eigenvalue weighted by Gasteiger charge is 2.30. The minimum atomic E-state index is -0.783. The van der Waals surface area contributed by atoms with E-state index in [2.05, 4.69) is 27.0 Å². The largest absolute Gasteiger partial charge is 0.481 e. The van der Waals surface area contributed by atoms with E-state index in [1.807, 2.05) is 4.57 Å². The van der Waals surface area contributed by atoms with Gasteiger partial charge >= 0.3 is 5.97 Å². The summed E-state index contributed by atoms with van der Waals surface area (Å²) in [7, 11) is 2.15. The molecule has 0 saturated carbocycles. The molecular weight excluding hydrogens is 270 g/mol. The van der Waals surface area contributed by atoms with Crippen LogP contribution in [0.15, 0.2) is 0 Å². The highest BCUT2D eigenvalue weighted by Crippen LogP contribution is 2.26. The smallest absolute Gasteiger partial charge is 0.314 e. The Morgan fingerprint density at radius 2 is 2.00 bits per heavy atom. The number of carbonyl (C=O) groups is 1. The first-order chi connectivity index (χ1) is 10.1. The number of carboxylic acids is 1. The van der Waals surface area contributed by atoms with E-state index in [-0.39, 0.29) is 0 Å². The fraction of sp³-hybridized carbons (Fsp3) is 0.786. The summed E-state index contributed by atoms with van der Waals surface area (Å²) in [5.41, 5.74) is 0. The van der Waals surface area contributed by atoms with Crippen LogP contribution in [0, 0.1) is 0 Å². The van der Waals surface area contributed by atoms with Crippen LogP contribution in [-0.2, 0) is 17.8 Å². The van der Waals surface area contributed by atoms with Crippen LogP contribution in [0.4, 0.5) is 0 Å². The summed E-state index contributed by atoms with van der Waals surface area (Å²) < 4.78 is 2.03. The van der Waals surface area contributed by atoms with E-state index in [0.29, 0.717) is 12.2 Å². The zero-order valence-electron chi connectivity index (χ0n) is 12.5. The molecule has 0 aliphatic carbocycles. The summed E-state index contributed by atoms with van der Waals surface area (Å²) in [6.45, 7) is 6.23. The van der Waals surface area contributed by atoms with Crippen molar-refractivity contribution < 1.29 is 9.90 Å². The van der Waals surface area contributed by atoms with Gasteiger partial charge in [0.15, 0.2) is 0 Å². The van der Waals surface area contributed by atoms with Gasteiger partial charge in [0.1, 0.15) is 17.6 Å². The maximum atomic E-state index is 11.3. The molecule has 0 aromatic carbocycles. The van der Waals surface area contributed by atoms with E-state index in [0.717, 1.165) is 57.9 Å². The number of hydrogen-bond donors (Lipinski definition) is 1. The molecule has 0 radical (unpaired) electrons. The van der Waals surface area contributed by atoms with E-state index in [4.69, 9.17) is 0 Å². The van der Waals surface area contributed by atoms with Crippen molar-refractivity contribution in [3.05, 3.63) is 11.6 Å². The van der Waals surface area contributed by atoms with E-state index >= 15 is 0 Å². The van der Waals surface area contributed by atoms with Gasteiger partial charge in [0, 0.05) is 45.7 Å². The highest BCUT2D eigenvalue weighted by molar-refractivity contribution is 5.75. The van der Waals surface area contributed by atoms with Crippen molar-refractivity contribution in [1.82, 2.24) is 24.6 Å². The number of nitrogens with zero attached hydrogens (tertiary/aromatic N) is 5. The van der Waals surface area contributed by atoms with Crippen molar-refractivity contribution >= 4 is 5.97 Å². The van der Waals surface area contributed by atoms with Crippen molar-refractivity contribution in [3.8, 4) is 0 Å². The Morgan fingerprint density at radius 1 is 1.24 bits per heavy atom. The van der Waals surface area contributed by atoms with E-state index in [9.17, 15) is 9.90 Å². The monoisotopic (exact) mass is 293 g/mol. The summed E-state index contributed by atoms with van der Waals surface area (Å²) in [5.74, 6) is 0.314. The molecule has 21 heavy (non-hydrogen) atoms. The standard InChI is InChI=1S/C14H23N5O2/c1-17-7-9-18(10-8-17)6-4-12-15-16-13-11(14(20)21)3-2-5-19(12)13/h11H,2-10H2,1H3,(H,20,21). The lowest BCUT2D eigenvalue weighted by atomic mass is 9.99. The zero-order valence-corrected chi connectivity index (χ0v) is 12.5. The summed E-state index contributed by atoms with van der Waals surface area (Å²) >= 11 is 0. The van der Waals surface area contributed by atoms with Crippen molar-refractivity contribution in [2.75, 3.05) is 39.8 Å². The van der Waals surface area contributed by atoms with E-state index in [1.54, 1.807) is 0 Å². The normalized spacial score (nSPS) is 24.0. The molecular formula is C14H23N5O2. The van der Waals surface area contributed by atoms with Crippen molar-refractivity contribution in [1.29, 1.82) is 0 Å². The molecule has 0 bridgehead atoms. The first kappa shape index (κ1) is 14.5. The molecule has 116 valence electrons. The zero-order chi connectivity index (χ0) is 14.8. The Balaban J connectivity index is 1.63. The average molecular weight is 293 g/mol. The van der Waals surface area contributed by atoms with Crippen LogP contribution in [0.2, 0.25) is 0 Å². The second-order valence-corrected chi connectivity index (χ2v) is 6.05. The number of aromatic nitrogens is 3. The molecule has 1 aromatic heterocycles. The number of aliphatic carboxylic acids is 1. The molecule has 1 saturated heterocycles. The fourth-order valence-corrected chi connectivity index (χ4v) is 3.18. The summed E-state index contributed by atoms with van der Waals surface area (Å²) in [4.78, 5) is 16.1. The van der Waals surface area contributed by atoms with Gasteiger partial charge in [-0.2, -0.15) is 0 Å². The van der Waals surface area contributed by atoms with Gasteiger partial charge in [-0.25, -0.2) is 0 Å². The van der Waals surface area contributed by atoms with Crippen LogP contribution >= 0.6 is 0 Å². The lowest BCUT2D eigenvalue weighted by molar-refractivity contribution is -0.139. The predicted octanol–water partition coefficient (Wildman–Crippen LogP) is 0.0300. The van der Waals surface area contributed by atoms with Crippen LogP contribution in [0.25, 0.3) is 0 Å². The second-order valence-electron chi connectivity index (χ2n) is 6.05. The molecule has 1 unspecified atom stereocenters. The number of rotatable bonds is 4. The Labute approximate surface area is 124 Å². The maximum absolute atomic E-state index is 11.3. The molecule has 3 heterocycles. The predicted molar refractivity (Wildman–Crippen MR) is 77.3 cm³/mol. The third-order valence-electron chi connectivity index (χ3n) is 4.59. The van der Waals surface area contributed by atoms with Crippen molar-refractivity contribution in [2.24, 2.45) is 0 Å². The minimum Gasteiger partial charge on any atom is -0.481 e. The minimum absolute atomic E-state index is 0.483.